The summed E-state index contributed by atoms with van der Waals surface area (Å²) < 4.78 is 10.4. The third-order valence-electron chi connectivity index (χ3n) is 3.59. The topological polar surface area (TPSA) is 38.8 Å². The van der Waals surface area contributed by atoms with Gasteiger partial charge in [-0.15, -0.1) is 0 Å². The average Bonchev–Trinajstić information content (AvgIpc) is 2.61. The van der Waals surface area contributed by atoms with Gasteiger partial charge in [0.25, 0.3) is 0 Å². The highest BCUT2D eigenvalue weighted by Crippen LogP contribution is 2.24. The molecule has 4 nitrogen and oxygen atoms in total. The highest BCUT2D eigenvalue weighted by Gasteiger charge is 2.09. The first-order chi connectivity index (χ1) is 11.9. The van der Waals surface area contributed by atoms with Crippen molar-refractivity contribution in [3.8, 4) is 11.5 Å². The van der Waals surface area contributed by atoms with Gasteiger partial charge in [0.05, 0.1) is 14.2 Å². The zero-order chi connectivity index (χ0) is 18.4. The van der Waals surface area contributed by atoms with Crippen LogP contribution in [-0.2, 0) is 11.3 Å². The molecule has 2 aromatic carbocycles. The van der Waals surface area contributed by atoms with E-state index in [0.29, 0.717) is 28.1 Å². The monoisotopic (exact) mass is 379 g/mol. The van der Waals surface area contributed by atoms with Gasteiger partial charge in [0.2, 0.25) is 5.91 Å². The number of benzene rings is 2. The number of amides is 1. The van der Waals surface area contributed by atoms with E-state index in [-0.39, 0.29) is 5.91 Å². The molecule has 0 aromatic heterocycles. The van der Waals surface area contributed by atoms with Crippen LogP contribution in [-0.4, -0.2) is 32.1 Å². The van der Waals surface area contributed by atoms with Crippen LogP contribution in [0.1, 0.15) is 11.1 Å². The summed E-state index contributed by atoms with van der Waals surface area (Å²) in [6, 6.07) is 10.6. The van der Waals surface area contributed by atoms with Crippen molar-refractivity contribution in [3.05, 3.63) is 63.6 Å². The van der Waals surface area contributed by atoms with Gasteiger partial charge in [-0.05, 0) is 41.5 Å². The molecule has 2 rings (SSSR count). The van der Waals surface area contributed by atoms with Gasteiger partial charge in [0.15, 0.2) is 0 Å². The maximum absolute atomic E-state index is 12.3. The second-order valence-corrected chi connectivity index (χ2v) is 6.25. The minimum atomic E-state index is -0.146. The highest BCUT2D eigenvalue weighted by molar-refractivity contribution is 6.35. The van der Waals surface area contributed by atoms with E-state index < -0.39 is 0 Å². The number of ether oxygens (including phenoxy) is 2. The lowest BCUT2D eigenvalue weighted by Gasteiger charge is -2.16. The van der Waals surface area contributed by atoms with E-state index >= 15 is 0 Å². The number of halogens is 2. The standard InChI is InChI=1S/C19H19Cl2NO3/c1-22(12-14-5-6-15(20)10-18(14)21)19(23)7-4-13-8-16(24-2)11-17(9-13)25-3/h4-11H,12H2,1-3H3/b7-4+. The van der Waals surface area contributed by atoms with E-state index in [0.717, 1.165) is 11.1 Å². The van der Waals surface area contributed by atoms with Crippen molar-refractivity contribution in [2.75, 3.05) is 21.3 Å². The third kappa shape index (κ3) is 5.41. The Morgan fingerprint density at radius 2 is 1.72 bits per heavy atom. The molecule has 1 amide bonds. The summed E-state index contributed by atoms with van der Waals surface area (Å²) in [6.07, 6.45) is 3.21. The Morgan fingerprint density at radius 1 is 1.08 bits per heavy atom. The molecule has 0 bridgehead atoms. The van der Waals surface area contributed by atoms with Crippen LogP contribution in [0, 0.1) is 0 Å². The lowest BCUT2D eigenvalue weighted by Crippen LogP contribution is -2.24. The molecule has 0 N–H and O–H groups in total. The minimum absolute atomic E-state index is 0.146. The molecule has 132 valence electrons. The zero-order valence-corrected chi connectivity index (χ0v) is 15.8. The molecular formula is C19H19Cl2NO3. The summed E-state index contributed by atoms with van der Waals surface area (Å²) in [4.78, 5) is 13.9. The number of methoxy groups -OCH3 is 2. The summed E-state index contributed by atoms with van der Waals surface area (Å²) in [5, 5.41) is 1.10. The average molecular weight is 380 g/mol. The molecule has 0 aliphatic rings. The number of likely N-dealkylation sites (N-methyl/N-ethyl adjacent to an activating group) is 1. The highest BCUT2D eigenvalue weighted by atomic mass is 35.5. The first-order valence-electron chi connectivity index (χ1n) is 7.53. The largest absolute Gasteiger partial charge is 0.497 e. The number of rotatable bonds is 6. The van der Waals surface area contributed by atoms with Crippen LogP contribution in [0.5, 0.6) is 11.5 Å². The Hall–Kier alpha value is -2.17. The fraction of sp³-hybridized carbons (Fsp3) is 0.211. The minimum Gasteiger partial charge on any atom is -0.497 e. The molecule has 0 radical (unpaired) electrons. The molecule has 0 aliphatic heterocycles. The van der Waals surface area contributed by atoms with E-state index in [1.165, 1.54) is 6.08 Å². The predicted octanol–water partition coefficient (Wildman–Crippen LogP) is 4.68. The first-order valence-corrected chi connectivity index (χ1v) is 8.28. The van der Waals surface area contributed by atoms with Crippen molar-refractivity contribution in [1.29, 1.82) is 0 Å². The molecule has 0 unspecified atom stereocenters. The van der Waals surface area contributed by atoms with Crippen LogP contribution < -0.4 is 9.47 Å². The van der Waals surface area contributed by atoms with Crippen molar-refractivity contribution in [1.82, 2.24) is 4.90 Å². The molecule has 0 atom stereocenters. The van der Waals surface area contributed by atoms with E-state index in [1.54, 1.807) is 50.4 Å². The lowest BCUT2D eigenvalue weighted by atomic mass is 10.1. The SMILES string of the molecule is COc1cc(/C=C/C(=O)N(C)Cc2ccc(Cl)cc2Cl)cc(OC)c1. The Bertz CT molecular complexity index is 768. The summed E-state index contributed by atoms with van der Waals surface area (Å²) in [5.41, 5.74) is 1.64. The molecule has 0 saturated heterocycles. The Kier molecular flexibility index (Phi) is 6.73. The van der Waals surface area contributed by atoms with Crippen LogP contribution in [0.15, 0.2) is 42.5 Å². The molecule has 2 aromatic rings. The van der Waals surface area contributed by atoms with Gasteiger partial charge in [-0.1, -0.05) is 29.3 Å². The van der Waals surface area contributed by atoms with Gasteiger partial charge in [-0.3, -0.25) is 4.79 Å². The van der Waals surface area contributed by atoms with Crippen molar-refractivity contribution >= 4 is 35.2 Å². The maximum atomic E-state index is 12.3. The summed E-state index contributed by atoms with van der Waals surface area (Å²) in [6.45, 7) is 0.389. The fourth-order valence-corrected chi connectivity index (χ4v) is 2.67. The molecule has 0 saturated carbocycles. The number of hydrogen-bond donors (Lipinski definition) is 0. The molecule has 0 spiro atoms. The second-order valence-electron chi connectivity index (χ2n) is 5.41. The van der Waals surface area contributed by atoms with Crippen molar-refractivity contribution in [3.63, 3.8) is 0 Å². The van der Waals surface area contributed by atoms with E-state index in [2.05, 4.69) is 0 Å². The molecule has 0 aliphatic carbocycles. The number of hydrogen-bond acceptors (Lipinski definition) is 3. The molecular weight excluding hydrogens is 361 g/mol. The van der Waals surface area contributed by atoms with Crippen LogP contribution in [0.2, 0.25) is 10.0 Å². The van der Waals surface area contributed by atoms with Crippen LogP contribution in [0.3, 0.4) is 0 Å². The van der Waals surface area contributed by atoms with Gasteiger partial charge in [0, 0.05) is 35.8 Å². The van der Waals surface area contributed by atoms with Gasteiger partial charge in [-0.25, -0.2) is 0 Å². The summed E-state index contributed by atoms with van der Waals surface area (Å²) in [7, 11) is 4.87. The number of nitrogens with zero attached hydrogens (tertiary/aromatic N) is 1. The summed E-state index contributed by atoms with van der Waals surface area (Å²) in [5.74, 6) is 1.17. The maximum Gasteiger partial charge on any atom is 0.246 e. The lowest BCUT2D eigenvalue weighted by molar-refractivity contribution is -0.125. The first kappa shape index (κ1) is 19.2. The Morgan fingerprint density at radius 3 is 2.28 bits per heavy atom. The number of carbonyl (C=O) groups excluding carboxylic acids is 1. The van der Waals surface area contributed by atoms with Crippen molar-refractivity contribution in [2.24, 2.45) is 0 Å². The Labute approximate surface area is 157 Å². The third-order valence-corrected chi connectivity index (χ3v) is 4.18. The number of carbonyl (C=O) groups is 1. The van der Waals surface area contributed by atoms with Crippen LogP contribution in [0.4, 0.5) is 0 Å². The molecule has 6 heteroatoms. The fourth-order valence-electron chi connectivity index (χ4n) is 2.20. The van der Waals surface area contributed by atoms with Gasteiger partial charge in [-0.2, -0.15) is 0 Å². The quantitative estimate of drug-likeness (QED) is 0.683. The van der Waals surface area contributed by atoms with Gasteiger partial charge >= 0.3 is 0 Å². The molecule has 0 fully saturated rings. The van der Waals surface area contributed by atoms with E-state index in [1.807, 2.05) is 18.2 Å². The Balaban J connectivity index is 2.09. The zero-order valence-electron chi connectivity index (χ0n) is 14.3. The van der Waals surface area contributed by atoms with E-state index in [9.17, 15) is 4.79 Å². The van der Waals surface area contributed by atoms with Gasteiger partial charge in [0.1, 0.15) is 11.5 Å². The van der Waals surface area contributed by atoms with Gasteiger partial charge < -0.3 is 14.4 Å². The predicted molar refractivity (Wildman–Crippen MR) is 102 cm³/mol. The van der Waals surface area contributed by atoms with E-state index in [4.69, 9.17) is 32.7 Å². The molecule has 25 heavy (non-hydrogen) atoms. The van der Waals surface area contributed by atoms with Crippen molar-refractivity contribution < 1.29 is 14.3 Å². The normalized spacial score (nSPS) is 10.8. The van der Waals surface area contributed by atoms with Crippen LogP contribution >= 0.6 is 23.2 Å². The summed E-state index contributed by atoms with van der Waals surface area (Å²) >= 11 is 12.0. The smallest absolute Gasteiger partial charge is 0.246 e. The van der Waals surface area contributed by atoms with Crippen LogP contribution in [0.25, 0.3) is 6.08 Å². The van der Waals surface area contributed by atoms with Crippen molar-refractivity contribution in [2.45, 2.75) is 6.54 Å². The second kappa shape index (κ2) is 8.79. The molecule has 0 heterocycles.